The van der Waals surface area contributed by atoms with Gasteiger partial charge in [-0.3, -0.25) is 11.3 Å². The summed E-state index contributed by atoms with van der Waals surface area (Å²) in [6, 6.07) is 11.0. The first kappa shape index (κ1) is 15.4. The molecule has 1 atom stereocenters. The van der Waals surface area contributed by atoms with Crippen molar-refractivity contribution in [1.29, 1.82) is 0 Å². The number of para-hydroxylation sites is 1. The molecular weight excluding hydrogens is 274 g/mol. The lowest BCUT2D eigenvalue weighted by Crippen LogP contribution is -2.38. The molecule has 0 heterocycles. The first-order valence-electron chi connectivity index (χ1n) is 6.66. The Labute approximate surface area is 122 Å². The molecule has 2 rings (SSSR count). The third-order valence-electron chi connectivity index (χ3n) is 3.38. The maximum Gasteiger partial charge on any atom is 0.129 e. The van der Waals surface area contributed by atoms with Crippen molar-refractivity contribution >= 4 is 0 Å². The van der Waals surface area contributed by atoms with E-state index in [-0.39, 0.29) is 6.04 Å². The van der Waals surface area contributed by atoms with Crippen LogP contribution in [0.15, 0.2) is 42.5 Å². The zero-order chi connectivity index (χ0) is 15.2. The fourth-order valence-electron chi connectivity index (χ4n) is 2.28. The van der Waals surface area contributed by atoms with Crippen molar-refractivity contribution in [2.45, 2.75) is 18.9 Å². The van der Waals surface area contributed by atoms with E-state index in [1.165, 1.54) is 12.1 Å². The molecule has 0 saturated heterocycles. The van der Waals surface area contributed by atoms with Crippen LogP contribution >= 0.6 is 0 Å². The monoisotopic (exact) mass is 292 g/mol. The number of benzene rings is 2. The summed E-state index contributed by atoms with van der Waals surface area (Å²) in [4.78, 5) is 0. The van der Waals surface area contributed by atoms with E-state index in [1.807, 2.05) is 24.3 Å². The molecule has 0 aliphatic heterocycles. The fraction of sp³-hybridized carbons (Fsp3) is 0.250. The van der Waals surface area contributed by atoms with Gasteiger partial charge in [-0.25, -0.2) is 8.78 Å². The molecule has 0 spiro atoms. The fourth-order valence-corrected chi connectivity index (χ4v) is 2.28. The molecule has 0 radical (unpaired) electrons. The van der Waals surface area contributed by atoms with Crippen molar-refractivity contribution in [2.75, 3.05) is 7.11 Å². The lowest BCUT2D eigenvalue weighted by atomic mass is 9.98. The molecular formula is C16H18F2N2O. The number of hydrogen-bond donors (Lipinski definition) is 2. The summed E-state index contributed by atoms with van der Waals surface area (Å²) in [5, 5.41) is 0. The summed E-state index contributed by atoms with van der Waals surface area (Å²) >= 11 is 0. The van der Waals surface area contributed by atoms with Crippen LogP contribution in [0.3, 0.4) is 0 Å². The molecule has 0 aliphatic carbocycles. The van der Waals surface area contributed by atoms with E-state index in [0.717, 1.165) is 17.4 Å². The first-order chi connectivity index (χ1) is 10.1. The molecule has 3 nitrogen and oxygen atoms in total. The molecule has 1 unspecified atom stereocenters. The molecule has 5 heteroatoms. The smallest absolute Gasteiger partial charge is 0.129 e. The van der Waals surface area contributed by atoms with Crippen LogP contribution in [0.25, 0.3) is 0 Å². The molecule has 0 aliphatic rings. The van der Waals surface area contributed by atoms with Gasteiger partial charge in [-0.15, -0.1) is 0 Å². The summed E-state index contributed by atoms with van der Waals surface area (Å²) in [7, 11) is 1.60. The third-order valence-corrected chi connectivity index (χ3v) is 3.38. The maximum atomic E-state index is 13.7. The lowest BCUT2D eigenvalue weighted by Gasteiger charge is -2.18. The highest BCUT2D eigenvalue weighted by Gasteiger charge is 2.14. The van der Waals surface area contributed by atoms with Gasteiger partial charge in [0.1, 0.15) is 17.4 Å². The highest BCUT2D eigenvalue weighted by Crippen LogP contribution is 2.20. The van der Waals surface area contributed by atoms with Crippen LogP contribution in [-0.4, -0.2) is 13.2 Å². The zero-order valence-electron chi connectivity index (χ0n) is 11.8. The average Bonchev–Trinajstić information content (AvgIpc) is 2.49. The summed E-state index contributed by atoms with van der Waals surface area (Å²) in [6.07, 6.45) is 0.942. The minimum absolute atomic E-state index is 0.179. The summed E-state index contributed by atoms with van der Waals surface area (Å²) in [5.74, 6) is 5.17. The van der Waals surface area contributed by atoms with Gasteiger partial charge < -0.3 is 4.74 Å². The number of rotatable bonds is 6. The van der Waals surface area contributed by atoms with Gasteiger partial charge in [-0.05, 0) is 36.1 Å². The van der Waals surface area contributed by atoms with Gasteiger partial charge in [0, 0.05) is 12.1 Å². The second kappa shape index (κ2) is 7.15. The van der Waals surface area contributed by atoms with E-state index in [2.05, 4.69) is 5.43 Å². The Kier molecular flexibility index (Phi) is 5.25. The van der Waals surface area contributed by atoms with Crippen molar-refractivity contribution in [1.82, 2.24) is 5.43 Å². The topological polar surface area (TPSA) is 47.3 Å². The van der Waals surface area contributed by atoms with E-state index in [4.69, 9.17) is 10.6 Å². The van der Waals surface area contributed by atoms with E-state index >= 15 is 0 Å². The van der Waals surface area contributed by atoms with Gasteiger partial charge in [0.15, 0.2) is 0 Å². The number of hydrogen-bond acceptors (Lipinski definition) is 3. The zero-order valence-corrected chi connectivity index (χ0v) is 11.8. The normalized spacial score (nSPS) is 12.2. The Bertz CT molecular complexity index is 605. The van der Waals surface area contributed by atoms with Crippen molar-refractivity contribution in [3.05, 3.63) is 65.2 Å². The number of hydrazine groups is 1. The third kappa shape index (κ3) is 4.00. The lowest BCUT2D eigenvalue weighted by molar-refractivity contribution is 0.404. The Balaban J connectivity index is 2.13. The molecule has 2 aromatic rings. The van der Waals surface area contributed by atoms with Crippen molar-refractivity contribution in [3.63, 3.8) is 0 Å². The standard InChI is InChI=1S/C16H18F2N2O/c1-21-16-5-3-2-4-12(16)9-14(20-19)8-11-6-7-13(17)10-15(11)18/h2-7,10,14,20H,8-9,19H2,1H3. The average molecular weight is 292 g/mol. The number of nitrogens with two attached hydrogens (primary N) is 1. The number of halogens is 2. The molecule has 2 aromatic carbocycles. The summed E-state index contributed by atoms with van der Waals surface area (Å²) in [6.45, 7) is 0. The van der Waals surface area contributed by atoms with Gasteiger partial charge in [0.25, 0.3) is 0 Å². The summed E-state index contributed by atoms with van der Waals surface area (Å²) in [5.41, 5.74) is 4.08. The van der Waals surface area contributed by atoms with Crippen LogP contribution in [0.4, 0.5) is 8.78 Å². The second-order valence-corrected chi connectivity index (χ2v) is 4.82. The molecule has 0 bridgehead atoms. The molecule has 0 aromatic heterocycles. The second-order valence-electron chi connectivity index (χ2n) is 4.82. The van der Waals surface area contributed by atoms with Crippen LogP contribution in [0.2, 0.25) is 0 Å². The van der Waals surface area contributed by atoms with Gasteiger partial charge >= 0.3 is 0 Å². The van der Waals surface area contributed by atoms with E-state index in [1.54, 1.807) is 7.11 Å². The van der Waals surface area contributed by atoms with Gasteiger partial charge in [-0.2, -0.15) is 0 Å². The SMILES string of the molecule is COc1ccccc1CC(Cc1ccc(F)cc1F)NN. The van der Waals surface area contributed by atoms with Crippen molar-refractivity contribution in [2.24, 2.45) is 5.84 Å². The Morgan fingerprint density at radius 3 is 2.48 bits per heavy atom. The number of ether oxygens (including phenoxy) is 1. The Morgan fingerprint density at radius 2 is 1.81 bits per heavy atom. The van der Waals surface area contributed by atoms with E-state index in [0.29, 0.717) is 18.4 Å². The maximum absolute atomic E-state index is 13.7. The molecule has 0 fully saturated rings. The molecule has 21 heavy (non-hydrogen) atoms. The van der Waals surface area contributed by atoms with Crippen molar-refractivity contribution in [3.8, 4) is 5.75 Å². The molecule has 0 saturated carbocycles. The highest BCUT2D eigenvalue weighted by atomic mass is 19.1. The highest BCUT2D eigenvalue weighted by molar-refractivity contribution is 5.34. The van der Waals surface area contributed by atoms with Gasteiger partial charge in [-0.1, -0.05) is 24.3 Å². The predicted molar refractivity (Wildman–Crippen MR) is 77.9 cm³/mol. The number of nitrogens with one attached hydrogen (secondary N) is 1. The Morgan fingerprint density at radius 1 is 1.10 bits per heavy atom. The minimum atomic E-state index is -0.585. The minimum Gasteiger partial charge on any atom is -0.496 e. The van der Waals surface area contributed by atoms with Crippen molar-refractivity contribution < 1.29 is 13.5 Å². The first-order valence-corrected chi connectivity index (χ1v) is 6.66. The quantitative estimate of drug-likeness (QED) is 0.635. The molecule has 0 amide bonds. The largest absolute Gasteiger partial charge is 0.496 e. The van der Waals surface area contributed by atoms with Crippen LogP contribution in [0.1, 0.15) is 11.1 Å². The van der Waals surface area contributed by atoms with Gasteiger partial charge in [0.2, 0.25) is 0 Å². The van der Waals surface area contributed by atoms with Crippen LogP contribution in [0, 0.1) is 11.6 Å². The Hall–Kier alpha value is -1.98. The number of methoxy groups -OCH3 is 1. The molecule has 3 N–H and O–H groups in total. The van der Waals surface area contributed by atoms with E-state index < -0.39 is 11.6 Å². The van der Waals surface area contributed by atoms with Gasteiger partial charge in [0.05, 0.1) is 7.11 Å². The van der Waals surface area contributed by atoms with E-state index in [9.17, 15) is 8.78 Å². The summed E-state index contributed by atoms with van der Waals surface area (Å²) < 4.78 is 31.9. The van der Waals surface area contributed by atoms with Crippen LogP contribution < -0.4 is 16.0 Å². The molecule has 112 valence electrons. The predicted octanol–water partition coefficient (Wildman–Crippen LogP) is 2.59. The van der Waals surface area contributed by atoms with Crippen LogP contribution in [-0.2, 0) is 12.8 Å². The van der Waals surface area contributed by atoms with Crippen LogP contribution in [0.5, 0.6) is 5.75 Å².